The molecule has 0 fully saturated rings. The zero-order valence-electron chi connectivity index (χ0n) is 9.70. The fourth-order valence-electron chi connectivity index (χ4n) is 2.13. The van der Waals surface area contributed by atoms with Gasteiger partial charge in [0.1, 0.15) is 0 Å². The van der Waals surface area contributed by atoms with Crippen LogP contribution in [0.1, 0.15) is 11.1 Å². The lowest BCUT2D eigenvalue weighted by Gasteiger charge is -2.31. The Morgan fingerprint density at radius 3 is 1.71 bits per heavy atom. The summed E-state index contributed by atoms with van der Waals surface area (Å²) >= 11 is 6.91. The predicted molar refractivity (Wildman–Crippen MR) is 72.5 cm³/mol. The van der Waals surface area contributed by atoms with Gasteiger partial charge < -0.3 is 14.2 Å². The van der Waals surface area contributed by atoms with Gasteiger partial charge in [-0.1, -0.05) is 56.1 Å². The molecule has 1 heterocycles. The average Bonchev–Trinajstić information content (AvgIpc) is 2.71. The molecule has 0 amide bonds. The van der Waals surface area contributed by atoms with Crippen molar-refractivity contribution in [2.75, 3.05) is 24.9 Å². The van der Waals surface area contributed by atoms with Gasteiger partial charge in [0.05, 0.1) is 10.7 Å². The minimum atomic E-state index is -0.791. The molecule has 2 rings (SSSR count). The average molecular weight is 366 g/mol. The molecule has 2 atom stereocenters. The highest BCUT2D eigenvalue weighted by molar-refractivity contribution is 9.09. The number of alkyl halides is 2. The van der Waals surface area contributed by atoms with Crippen molar-refractivity contribution >= 4 is 31.9 Å². The monoisotopic (exact) mass is 364 g/mol. The van der Waals surface area contributed by atoms with Crippen LogP contribution >= 0.6 is 31.9 Å². The maximum absolute atomic E-state index is 6.07. The molecule has 0 spiro atoms. The Morgan fingerprint density at radius 1 is 1.00 bits per heavy atom. The van der Waals surface area contributed by atoms with Crippen LogP contribution in [0.25, 0.3) is 0 Å². The first-order valence-electron chi connectivity index (χ1n) is 5.20. The van der Waals surface area contributed by atoms with E-state index in [4.69, 9.17) is 14.2 Å². The van der Waals surface area contributed by atoms with E-state index in [0.717, 1.165) is 11.1 Å². The molecular formula is C12H14Br2O3. The third-order valence-corrected chi connectivity index (χ3v) is 4.57. The van der Waals surface area contributed by atoms with Gasteiger partial charge in [0.2, 0.25) is 11.6 Å². The Balaban J connectivity index is 2.60. The van der Waals surface area contributed by atoms with Crippen molar-refractivity contribution in [2.45, 2.75) is 11.6 Å². The predicted octanol–water partition coefficient (Wildman–Crippen LogP) is 3.11. The molecule has 0 N–H and O–H groups in total. The normalized spacial score (nSPS) is 31.5. The van der Waals surface area contributed by atoms with Crippen LogP contribution in [0, 0.1) is 0 Å². The van der Waals surface area contributed by atoms with Gasteiger partial charge in [-0.05, 0) is 0 Å². The minimum absolute atomic E-state index is 0.547. The van der Waals surface area contributed by atoms with E-state index >= 15 is 0 Å². The molecule has 0 saturated carbocycles. The van der Waals surface area contributed by atoms with Crippen molar-refractivity contribution in [1.29, 1.82) is 0 Å². The van der Waals surface area contributed by atoms with E-state index in [1.807, 2.05) is 24.3 Å². The van der Waals surface area contributed by atoms with Crippen LogP contribution in [0.15, 0.2) is 24.3 Å². The third kappa shape index (κ3) is 1.88. The SMILES string of the molecule is COC1(CBr)OC(CBr)(OC)c2ccccc21. The lowest BCUT2D eigenvalue weighted by molar-refractivity contribution is -0.323. The molecule has 5 heteroatoms. The summed E-state index contributed by atoms with van der Waals surface area (Å²) in [6.07, 6.45) is 0. The highest BCUT2D eigenvalue weighted by atomic mass is 79.9. The zero-order valence-corrected chi connectivity index (χ0v) is 12.9. The molecular weight excluding hydrogens is 352 g/mol. The second-order valence-corrected chi connectivity index (χ2v) is 4.95. The van der Waals surface area contributed by atoms with Gasteiger partial charge in [0.25, 0.3) is 0 Å². The molecule has 2 unspecified atom stereocenters. The smallest absolute Gasteiger partial charge is 0.208 e. The molecule has 0 aliphatic carbocycles. The van der Waals surface area contributed by atoms with E-state index in [-0.39, 0.29) is 0 Å². The topological polar surface area (TPSA) is 27.7 Å². The Kier molecular flexibility index (Phi) is 3.95. The van der Waals surface area contributed by atoms with Gasteiger partial charge in [-0.3, -0.25) is 0 Å². The maximum atomic E-state index is 6.07. The largest absolute Gasteiger partial charge is 0.348 e. The van der Waals surface area contributed by atoms with Crippen molar-refractivity contribution in [3.8, 4) is 0 Å². The number of hydrogen-bond acceptors (Lipinski definition) is 3. The molecule has 17 heavy (non-hydrogen) atoms. The second kappa shape index (κ2) is 4.97. The summed E-state index contributed by atoms with van der Waals surface area (Å²) < 4.78 is 17.2. The summed E-state index contributed by atoms with van der Waals surface area (Å²) in [6, 6.07) is 7.95. The highest BCUT2D eigenvalue weighted by Crippen LogP contribution is 2.49. The lowest BCUT2D eigenvalue weighted by atomic mass is 9.99. The van der Waals surface area contributed by atoms with Crippen molar-refractivity contribution in [3.63, 3.8) is 0 Å². The van der Waals surface area contributed by atoms with Gasteiger partial charge in [-0.25, -0.2) is 0 Å². The summed E-state index contributed by atoms with van der Waals surface area (Å²) in [5.74, 6) is -1.58. The van der Waals surface area contributed by atoms with Crippen molar-refractivity contribution in [2.24, 2.45) is 0 Å². The van der Waals surface area contributed by atoms with Crippen LogP contribution in [-0.2, 0) is 25.8 Å². The summed E-state index contributed by atoms with van der Waals surface area (Å²) in [5.41, 5.74) is 2.00. The van der Waals surface area contributed by atoms with Crippen LogP contribution < -0.4 is 0 Å². The van der Waals surface area contributed by atoms with Gasteiger partial charge in [0.15, 0.2) is 0 Å². The van der Waals surface area contributed by atoms with Crippen molar-refractivity contribution in [1.82, 2.24) is 0 Å². The fourth-order valence-corrected chi connectivity index (χ4v) is 3.43. The lowest BCUT2D eigenvalue weighted by Crippen LogP contribution is -2.37. The molecule has 1 aliphatic heterocycles. The summed E-state index contributed by atoms with van der Waals surface area (Å²) in [5, 5.41) is 1.09. The van der Waals surface area contributed by atoms with E-state index in [2.05, 4.69) is 31.9 Å². The van der Waals surface area contributed by atoms with E-state index in [0.29, 0.717) is 10.7 Å². The molecule has 1 aromatic carbocycles. The Bertz CT molecular complexity index is 363. The Morgan fingerprint density at radius 2 is 1.41 bits per heavy atom. The molecule has 0 radical (unpaired) electrons. The van der Waals surface area contributed by atoms with Gasteiger partial charge in [-0.15, -0.1) is 0 Å². The van der Waals surface area contributed by atoms with Crippen molar-refractivity contribution < 1.29 is 14.2 Å². The first-order chi connectivity index (χ1) is 8.18. The molecule has 3 nitrogen and oxygen atoms in total. The summed E-state index contributed by atoms with van der Waals surface area (Å²) in [4.78, 5) is 0. The molecule has 0 saturated heterocycles. The molecule has 1 aliphatic rings. The third-order valence-electron chi connectivity index (χ3n) is 3.09. The molecule has 1 aromatic rings. The van der Waals surface area contributed by atoms with E-state index in [1.165, 1.54) is 0 Å². The number of fused-ring (bicyclic) bond motifs is 1. The van der Waals surface area contributed by atoms with Crippen LogP contribution in [0.2, 0.25) is 0 Å². The van der Waals surface area contributed by atoms with Crippen LogP contribution in [0.4, 0.5) is 0 Å². The first kappa shape index (κ1) is 13.5. The van der Waals surface area contributed by atoms with Gasteiger partial charge in [0, 0.05) is 25.3 Å². The molecule has 0 aromatic heterocycles. The highest BCUT2D eigenvalue weighted by Gasteiger charge is 2.53. The Hall–Kier alpha value is 0.0600. The number of halogens is 2. The second-order valence-electron chi connectivity index (χ2n) is 3.83. The minimum Gasteiger partial charge on any atom is -0.348 e. The van der Waals surface area contributed by atoms with E-state index < -0.39 is 11.6 Å². The summed E-state index contributed by atoms with van der Waals surface area (Å²) in [6.45, 7) is 0. The number of ether oxygens (including phenoxy) is 3. The number of benzene rings is 1. The van der Waals surface area contributed by atoms with E-state index in [1.54, 1.807) is 14.2 Å². The maximum Gasteiger partial charge on any atom is 0.208 e. The van der Waals surface area contributed by atoms with Crippen LogP contribution in [-0.4, -0.2) is 24.9 Å². The fraction of sp³-hybridized carbons (Fsp3) is 0.500. The Labute approximate surface area is 118 Å². The van der Waals surface area contributed by atoms with E-state index in [9.17, 15) is 0 Å². The quantitative estimate of drug-likeness (QED) is 0.767. The van der Waals surface area contributed by atoms with Crippen LogP contribution in [0.3, 0.4) is 0 Å². The first-order valence-corrected chi connectivity index (χ1v) is 7.44. The summed E-state index contributed by atoms with van der Waals surface area (Å²) in [7, 11) is 3.27. The standard InChI is InChI=1S/C12H14Br2O3/c1-15-11(7-13)9-5-3-4-6-10(9)12(8-14,16-2)17-11/h3-6H,7-8H2,1-2H3. The zero-order chi connectivity index (χ0) is 12.5. The van der Waals surface area contributed by atoms with Gasteiger partial charge >= 0.3 is 0 Å². The number of rotatable bonds is 4. The number of hydrogen-bond donors (Lipinski definition) is 0. The van der Waals surface area contributed by atoms with Crippen molar-refractivity contribution in [3.05, 3.63) is 35.4 Å². The molecule has 94 valence electrons. The molecule has 0 bridgehead atoms. The van der Waals surface area contributed by atoms with Crippen LogP contribution in [0.5, 0.6) is 0 Å². The van der Waals surface area contributed by atoms with Gasteiger partial charge in [-0.2, -0.15) is 0 Å². The number of methoxy groups -OCH3 is 2.